The van der Waals surface area contributed by atoms with Crippen LogP contribution in [0.3, 0.4) is 0 Å². The molecule has 0 bridgehead atoms. The van der Waals surface area contributed by atoms with Gasteiger partial charge in [-0.25, -0.2) is 0 Å². The summed E-state index contributed by atoms with van der Waals surface area (Å²) < 4.78 is 10.2. The highest BCUT2D eigenvalue weighted by molar-refractivity contribution is 9.10. The second-order valence-electron chi connectivity index (χ2n) is 3.76. The Morgan fingerprint density at radius 3 is 2.80 bits per heavy atom. The maximum absolute atomic E-state index is 11.9. The summed E-state index contributed by atoms with van der Waals surface area (Å²) >= 11 is 3.08. The molecular weight excluding hydrogens is 332 g/mol. The Morgan fingerprint density at radius 2 is 2.15 bits per heavy atom. The first-order chi connectivity index (χ1) is 9.57. The highest BCUT2D eigenvalue weighted by Gasteiger charge is 2.18. The summed E-state index contributed by atoms with van der Waals surface area (Å²) in [5.74, 6) is -0.393. The molecule has 0 aromatic heterocycles. The molecule has 0 atom stereocenters. The van der Waals surface area contributed by atoms with Crippen LogP contribution in [0.1, 0.15) is 10.4 Å². The summed E-state index contributed by atoms with van der Waals surface area (Å²) in [6.07, 6.45) is 0. The summed E-state index contributed by atoms with van der Waals surface area (Å²) in [5, 5.41) is 13.4. The number of rotatable bonds is 8. The van der Waals surface area contributed by atoms with E-state index >= 15 is 0 Å². The van der Waals surface area contributed by atoms with Crippen LogP contribution in [0.5, 0.6) is 0 Å². The van der Waals surface area contributed by atoms with Gasteiger partial charge in [0.05, 0.1) is 30.3 Å². The van der Waals surface area contributed by atoms with Gasteiger partial charge in [-0.05, 0) is 22.0 Å². The Labute approximate surface area is 124 Å². The lowest BCUT2D eigenvalue weighted by atomic mass is 10.2. The van der Waals surface area contributed by atoms with Gasteiger partial charge in [0.1, 0.15) is 4.47 Å². The van der Waals surface area contributed by atoms with E-state index in [1.54, 1.807) is 7.11 Å². The Morgan fingerprint density at radius 1 is 1.40 bits per heavy atom. The molecule has 1 aromatic carbocycles. The van der Waals surface area contributed by atoms with Gasteiger partial charge in [0.15, 0.2) is 0 Å². The van der Waals surface area contributed by atoms with Gasteiger partial charge in [-0.2, -0.15) is 0 Å². The number of nitro groups is 1. The Bertz CT molecular complexity index is 481. The lowest BCUT2D eigenvalue weighted by molar-refractivity contribution is -0.385. The molecule has 110 valence electrons. The zero-order valence-corrected chi connectivity index (χ0v) is 12.5. The molecule has 1 amide bonds. The van der Waals surface area contributed by atoms with E-state index in [1.807, 2.05) is 0 Å². The summed E-state index contributed by atoms with van der Waals surface area (Å²) in [4.78, 5) is 22.1. The lowest BCUT2D eigenvalue weighted by Crippen LogP contribution is -2.28. The molecule has 20 heavy (non-hydrogen) atoms. The van der Waals surface area contributed by atoms with Crippen LogP contribution in [0.4, 0.5) is 5.69 Å². The second-order valence-corrected chi connectivity index (χ2v) is 4.55. The molecular formula is C12H15BrN2O5. The molecule has 8 heteroatoms. The summed E-state index contributed by atoms with van der Waals surface area (Å²) in [6, 6.07) is 4.31. The van der Waals surface area contributed by atoms with Crippen LogP contribution >= 0.6 is 15.9 Å². The molecule has 0 aliphatic rings. The number of ether oxygens (including phenoxy) is 2. The molecule has 0 fully saturated rings. The van der Waals surface area contributed by atoms with Gasteiger partial charge < -0.3 is 14.8 Å². The minimum atomic E-state index is -0.547. The van der Waals surface area contributed by atoms with Crippen LogP contribution in [0.25, 0.3) is 0 Å². The standard InChI is InChI=1S/C12H15BrN2O5/c1-19-7-8-20-6-5-14-12(16)9-3-2-4-10(11(9)13)15(17)18/h2-4H,5-8H2,1H3,(H,14,16). The summed E-state index contributed by atoms with van der Waals surface area (Å²) in [6.45, 7) is 1.61. The first kappa shape index (κ1) is 16.5. The van der Waals surface area contributed by atoms with Crippen LogP contribution in [-0.2, 0) is 9.47 Å². The Balaban J connectivity index is 2.52. The number of methoxy groups -OCH3 is 1. The molecule has 0 saturated carbocycles. The van der Waals surface area contributed by atoms with E-state index in [-0.39, 0.29) is 15.7 Å². The number of halogens is 1. The van der Waals surface area contributed by atoms with Crippen molar-refractivity contribution in [1.29, 1.82) is 0 Å². The van der Waals surface area contributed by atoms with Crippen LogP contribution in [0, 0.1) is 10.1 Å². The minimum Gasteiger partial charge on any atom is -0.382 e. The van der Waals surface area contributed by atoms with Gasteiger partial charge in [-0.15, -0.1) is 0 Å². The van der Waals surface area contributed by atoms with Crippen molar-refractivity contribution in [2.75, 3.05) is 33.5 Å². The smallest absolute Gasteiger partial charge is 0.284 e. The SMILES string of the molecule is COCCOCCNC(=O)c1cccc([N+](=O)[O-])c1Br. The highest BCUT2D eigenvalue weighted by atomic mass is 79.9. The number of carbonyl (C=O) groups excluding carboxylic acids is 1. The maximum Gasteiger partial charge on any atom is 0.284 e. The third-order valence-electron chi connectivity index (χ3n) is 2.38. The molecule has 0 unspecified atom stereocenters. The van der Waals surface area contributed by atoms with Gasteiger partial charge in [-0.1, -0.05) is 6.07 Å². The van der Waals surface area contributed by atoms with Crippen LogP contribution in [-0.4, -0.2) is 44.3 Å². The van der Waals surface area contributed by atoms with Crippen molar-refractivity contribution >= 4 is 27.5 Å². The fraction of sp³-hybridized carbons (Fsp3) is 0.417. The molecule has 1 rings (SSSR count). The highest BCUT2D eigenvalue weighted by Crippen LogP contribution is 2.27. The number of carbonyl (C=O) groups is 1. The van der Waals surface area contributed by atoms with Crippen LogP contribution < -0.4 is 5.32 Å². The normalized spacial score (nSPS) is 10.3. The Hall–Kier alpha value is -1.51. The maximum atomic E-state index is 11.9. The quantitative estimate of drug-likeness (QED) is 0.440. The molecule has 0 aliphatic carbocycles. The van der Waals surface area contributed by atoms with E-state index < -0.39 is 10.8 Å². The number of hydrogen-bond acceptors (Lipinski definition) is 5. The minimum absolute atomic E-state index is 0.144. The predicted octanol–water partition coefficient (Wildman–Crippen LogP) is 1.75. The fourth-order valence-corrected chi connectivity index (χ4v) is 2.00. The van der Waals surface area contributed by atoms with Crippen molar-refractivity contribution < 1.29 is 19.2 Å². The van der Waals surface area contributed by atoms with Crippen molar-refractivity contribution in [3.63, 3.8) is 0 Å². The number of nitrogens with one attached hydrogen (secondary N) is 1. The average molecular weight is 347 g/mol. The van der Waals surface area contributed by atoms with Crippen molar-refractivity contribution in [3.05, 3.63) is 38.3 Å². The molecule has 7 nitrogen and oxygen atoms in total. The molecule has 1 aromatic rings. The van der Waals surface area contributed by atoms with Gasteiger partial charge in [0, 0.05) is 19.7 Å². The fourth-order valence-electron chi connectivity index (χ4n) is 1.41. The van der Waals surface area contributed by atoms with E-state index in [2.05, 4.69) is 21.2 Å². The molecule has 0 radical (unpaired) electrons. The molecule has 0 heterocycles. The average Bonchev–Trinajstić information content (AvgIpc) is 2.42. The van der Waals surface area contributed by atoms with E-state index in [0.717, 1.165) is 0 Å². The third-order valence-corrected chi connectivity index (χ3v) is 3.22. The third kappa shape index (κ3) is 4.87. The molecule has 1 N–H and O–H groups in total. The summed E-state index contributed by atoms with van der Waals surface area (Å²) in [7, 11) is 1.57. The van der Waals surface area contributed by atoms with Crippen molar-refractivity contribution in [2.24, 2.45) is 0 Å². The largest absolute Gasteiger partial charge is 0.382 e. The van der Waals surface area contributed by atoms with E-state index in [1.165, 1.54) is 18.2 Å². The lowest BCUT2D eigenvalue weighted by Gasteiger charge is -2.07. The van der Waals surface area contributed by atoms with Gasteiger partial charge >= 0.3 is 0 Å². The van der Waals surface area contributed by atoms with Gasteiger partial charge in [0.2, 0.25) is 0 Å². The molecule has 0 aliphatic heterocycles. The number of benzene rings is 1. The first-order valence-electron chi connectivity index (χ1n) is 5.85. The monoisotopic (exact) mass is 346 g/mol. The second kappa shape index (κ2) is 8.62. The topological polar surface area (TPSA) is 90.7 Å². The van der Waals surface area contributed by atoms with Crippen molar-refractivity contribution in [1.82, 2.24) is 5.32 Å². The van der Waals surface area contributed by atoms with E-state index in [4.69, 9.17) is 9.47 Å². The number of hydrogen-bond donors (Lipinski definition) is 1. The van der Waals surface area contributed by atoms with Gasteiger partial charge in [-0.3, -0.25) is 14.9 Å². The molecule has 0 spiro atoms. The molecule has 0 saturated heterocycles. The Kier molecular flexibility index (Phi) is 7.13. The van der Waals surface area contributed by atoms with E-state index in [9.17, 15) is 14.9 Å². The van der Waals surface area contributed by atoms with Gasteiger partial charge in [0.25, 0.3) is 11.6 Å². The summed E-state index contributed by atoms with van der Waals surface area (Å²) in [5.41, 5.74) is 0.0742. The van der Waals surface area contributed by atoms with Crippen molar-refractivity contribution in [2.45, 2.75) is 0 Å². The zero-order valence-electron chi connectivity index (χ0n) is 10.9. The van der Waals surface area contributed by atoms with E-state index in [0.29, 0.717) is 26.4 Å². The first-order valence-corrected chi connectivity index (χ1v) is 6.65. The number of amides is 1. The van der Waals surface area contributed by atoms with Crippen LogP contribution in [0.2, 0.25) is 0 Å². The zero-order chi connectivity index (χ0) is 15.0. The van der Waals surface area contributed by atoms with Crippen molar-refractivity contribution in [3.8, 4) is 0 Å². The van der Waals surface area contributed by atoms with Crippen LogP contribution in [0.15, 0.2) is 22.7 Å². The number of nitro benzene ring substituents is 1. The number of nitrogens with zero attached hydrogens (tertiary/aromatic N) is 1. The predicted molar refractivity (Wildman–Crippen MR) is 75.8 cm³/mol.